The minimum Gasteiger partial charge on any atom is -0.482 e. The van der Waals surface area contributed by atoms with Crippen LogP contribution in [-0.2, 0) is 4.79 Å². The van der Waals surface area contributed by atoms with Crippen molar-refractivity contribution in [2.45, 2.75) is 0 Å². The van der Waals surface area contributed by atoms with Crippen molar-refractivity contribution in [3.8, 4) is 5.75 Å². The monoisotopic (exact) mass is 359 g/mol. The van der Waals surface area contributed by atoms with E-state index in [0.29, 0.717) is 22.7 Å². The molecule has 0 spiro atoms. The molecule has 0 aliphatic carbocycles. The number of para-hydroxylation sites is 1. The maximum Gasteiger partial charge on any atom is 0.262 e. The summed E-state index contributed by atoms with van der Waals surface area (Å²) < 4.78 is 5.35. The van der Waals surface area contributed by atoms with Gasteiger partial charge in [0.15, 0.2) is 6.61 Å². The molecule has 0 unspecified atom stereocenters. The highest BCUT2D eigenvalue weighted by atomic mass is 16.5. The van der Waals surface area contributed by atoms with Crippen molar-refractivity contribution in [3.63, 3.8) is 0 Å². The molecule has 6 heteroatoms. The van der Waals surface area contributed by atoms with Crippen LogP contribution in [-0.4, -0.2) is 18.4 Å². The molecule has 3 aromatic rings. The van der Waals surface area contributed by atoms with E-state index in [2.05, 4.69) is 16.0 Å². The Morgan fingerprint density at radius 1 is 0.889 bits per heavy atom. The molecular weight excluding hydrogens is 342 g/mol. The topological polar surface area (TPSA) is 79.5 Å². The van der Waals surface area contributed by atoms with E-state index in [1.165, 1.54) is 0 Å². The van der Waals surface area contributed by atoms with Crippen LogP contribution < -0.4 is 20.7 Å². The van der Waals surface area contributed by atoms with Crippen LogP contribution in [0, 0.1) is 0 Å². The molecule has 0 radical (unpaired) electrons. The first-order valence-electron chi connectivity index (χ1n) is 8.47. The molecule has 2 amide bonds. The van der Waals surface area contributed by atoms with Gasteiger partial charge >= 0.3 is 0 Å². The lowest BCUT2D eigenvalue weighted by Crippen LogP contribution is -2.25. The Hall–Kier alpha value is -3.80. The SMILES string of the molecule is O=C1COc2cc(C(=O)Nc3ccc(Nc4ccccc4)cc3)ccc2N1. The number of hydrogen-bond acceptors (Lipinski definition) is 4. The minimum atomic E-state index is -0.248. The van der Waals surface area contributed by atoms with Gasteiger partial charge in [0.2, 0.25) is 0 Å². The fraction of sp³-hybridized carbons (Fsp3) is 0.0476. The van der Waals surface area contributed by atoms with Gasteiger partial charge in [-0.1, -0.05) is 18.2 Å². The van der Waals surface area contributed by atoms with Crippen molar-refractivity contribution in [1.82, 2.24) is 0 Å². The summed E-state index contributed by atoms with van der Waals surface area (Å²) >= 11 is 0. The summed E-state index contributed by atoms with van der Waals surface area (Å²) in [7, 11) is 0. The van der Waals surface area contributed by atoms with Gasteiger partial charge in [-0.2, -0.15) is 0 Å². The van der Waals surface area contributed by atoms with Crippen LogP contribution >= 0.6 is 0 Å². The van der Waals surface area contributed by atoms with E-state index in [9.17, 15) is 9.59 Å². The summed E-state index contributed by atoms with van der Waals surface area (Å²) in [6.45, 7) is -0.0477. The maximum absolute atomic E-state index is 12.5. The quantitative estimate of drug-likeness (QED) is 0.657. The summed E-state index contributed by atoms with van der Waals surface area (Å²) in [4.78, 5) is 23.8. The van der Waals surface area contributed by atoms with E-state index in [4.69, 9.17) is 4.74 Å². The zero-order valence-electron chi connectivity index (χ0n) is 14.4. The Morgan fingerprint density at radius 3 is 2.37 bits per heavy atom. The van der Waals surface area contributed by atoms with Gasteiger partial charge in [-0.15, -0.1) is 0 Å². The third-order valence-corrected chi connectivity index (χ3v) is 4.08. The molecule has 0 saturated heterocycles. The number of carbonyl (C=O) groups excluding carboxylic acids is 2. The summed E-state index contributed by atoms with van der Waals surface area (Å²) in [5, 5.41) is 8.84. The highest BCUT2D eigenvalue weighted by Gasteiger charge is 2.17. The molecule has 0 atom stereocenters. The fourth-order valence-electron chi connectivity index (χ4n) is 2.74. The predicted octanol–water partition coefficient (Wildman–Crippen LogP) is 4.01. The third kappa shape index (κ3) is 3.90. The summed E-state index contributed by atoms with van der Waals surface area (Å²) in [6.07, 6.45) is 0. The molecule has 1 heterocycles. The molecular formula is C21H17N3O3. The lowest BCUT2D eigenvalue weighted by Gasteiger charge is -2.18. The zero-order valence-corrected chi connectivity index (χ0v) is 14.4. The first-order valence-corrected chi connectivity index (χ1v) is 8.47. The molecule has 3 N–H and O–H groups in total. The van der Waals surface area contributed by atoms with E-state index < -0.39 is 0 Å². The third-order valence-electron chi connectivity index (χ3n) is 4.08. The summed E-state index contributed by atoms with van der Waals surface area (Å²) in [5.74, 6) is 0.0376. The first-order chi connectivity index (χ1) is 13.2. The summed E-state index contributed by atoms with van der Waals surface area (Å²) in [6, 6.07) is 22.2. The van der Waals surface area contributed by atoms with Gasteiger partial charge < -0.3 is 20.7 Å². The van der Waals surface area contributed by atoms with Crippen LogP contribution in [0.5, 0.6) is 5.75 Å². The molecule has 1 aliphatic heterocycles. The lowest BCUT2D eigenvalue weighted by molar-refractivity contribution is -0.118. The van der Waals surface area contributed by atoms with Crippen molar-refractivity contribution in [1.29, 1.82) is 0 Å². The molecule has 0 saturated carbocycles. The van der Waals surface area contributed by atoms with Gasteiger partial charge in [-0.05, 0) is 54.6 Å². The van der Waals surface area contributed by atoms with Gasteiger partial charge in [-0.25, -0.2) is 0 Å². The van der Waals surface area contributed by atoms with Crippen LogP contribution in [0.15, 0.2) is 72.8 Å². The number of amides is 2. The average Bonchev–Trinajstić information content (AvgIpc) is 2.70. The van der Waals surface area contributed by atoms with Crippen LogP contribution in [0.2, 0.25) is 0 Å². The standard InChI is InChI=1S/C21H17N3O3/c25-20-13-27-19-12-14(6-11-18(19)24-20)21(26)23-17-9-7-16(8-10-17)22-15-4-2-1-3-5-15/h1-12,22H,13H2,(H,23,26)(H,24,25). The van der Waals surface area contributed by atoms with Crippen LogP contribution in [0.25, 0.3) is 0 Å². The van der Waals surface area contributed by atoms with E-state index in [1.54, 1.807) is 18.2 Å². The average molecular weight is 359 g/mol. The highest BCUT2D eigenvalue weighted by molar-refractivity contribution is 6.05. The second-order valence-corrected chi connectivity index (χ2v) is 6.07. The van der Waals surface area contributed by atoms with E-state index in [-0.39, 0.29) is 18.4 Å². The van der Waals surface area contributed by atoms with Crippen molar-refractivity contribution in [2.75, 3.05) is 22.6 Å². The van der Waals surface area contributed by atoms with Crippen LogP contribution in [0.3, 0.4) is 0 Å². The maximum atomic E-state index is 12.5. The van der Waals surface area contributed by atoms with Gasteiger partial charge in [0, 0.05) is 22.6 Å². The lowest BCUT2D eigenvalue weighted by atomic mass is 10.1. The van der Waals surface area contributed by atoms with Crippen molar-refractivity contribution in [2.24, 2.45) is 0 Å². The minimum absolute atomic E-state index is 0.0477. The second-order valence-electron chi connectivity index (χ2n) is 6.07. The molecule has 4 rings (SSSR count). The zero-order chi connectivity index (χ0) is 18.6. The molecule has 0 fully saturated rings. The number of anilines is 4. The Labute approximate surface area is 156 Å². The number of ether oxygens (including phenoxy) is 1. The highest BCUT2D eigenvalue weighted by Crippen LogP contribution is 2.29. The Balaban J connectivity index is 1.43. The predicted molar refractivity (Wildman–Crippen MR) is 105 cm³/mol. The molecule has 0 aromatic heterocycles. The molecule has 3 aromatic carbocycles. The second kappa shape index (κ2) is 7.21. The normalized spacial score (nSPS) is 12.4. The number of hydrogen-bond donors (Lipinski definition) is 3. The van der Waals surface area contributed by atoms with Crippen LogP contribution in [0.4, 0.5) is 22.7 Å². The number of rotatable bonds is 4. The molecule has 1 aliphatic rings. The number of carbonyl (C=O) groups is 2. The fourth-order valence-corrected chi connectivity index (χ4v) is 2.74. The molecule has 0 bridgehead atoms. The number of nitrogens with one attached hydrogen (secondary N) is 3. The van der Waals surface area contributed by atoms with E-state index >= 15 is 0 Å². The van der Waals surface area contributed by atoms with Crippen molar-refractivity contribution in [3.05, 3.63) is 78.4 Å². The Bertz CT molecular complexity index is 985. The largest absolute Gasteiger partial charge is 0.482 e. The van der Waals surface area contributed by atoms with E-state index in [1.807, 2.05) is 54.6 Å². The van der Waals surface area contributed by atoms with Crippen molar-refractivity contribution >= 4 is 34.6 Å². The molecule has 6 nitrogen and oxygen atoms in total. The van der Waals surface area contributed by atoms with Gasteiger partial charge in [0.1, 0.15) is 5.75 Å². The smallest absolute Gasteiger partial charge is 0.262 e. The van der Waals surface area contributed by atoms with Gasteiger partial charge in [-0.3, -0.25) is 9.59 Å². The summed E-state index contributed by atoms with van der Waals surface area (Å²) in [5.41, 5.74) is 3.63. The van der Waals surface area contributed by atoms with E-state index in [0.717, 1.165) is 11.4 Å². The first kappa shape index (κ1) is 16.7. The Kier molecular flexibility index (Phi) is 4.45. The van der Waals surface area contributed by atoms with Crippen molar-refractivity contribution < 1.29 is 14.3 Å². The number of benzene rings is 3. The van der Waals surface area contributed by atoms with Gasteiger partial charge in [0.05, 0.1) is 5.69 Å². The Morgan fingerprint density at radius 2 is 1.59 bits per heavy atom. The molecule has 134 valence electrons. The molecule has 27 heavy (non-hydrogen) atoms. The number of fused-ring (bicyclic) bond motifs is 1. The van der Waals surface area contributed by atoms with Crippen LogP contribution in [0.1, 0.15) is 10.4 Å². The van der Waals surface area contributed by atoms with Gasteiger partial charge in [0.25, 0.3) is 11.8 Å².